The highest BCUT2D eigenvalue weighted by molar-refractivity contribution is 7.99. The fraction of sp³-hybridized carbons (Fsp3) is 0.0625. The molecule has 1 N–H and O–H groups in total. The molecule has 0 amide bonds. The number of hydrogen-bond acceptors (Lipinski definition) is 2. The van der Waals surface area contributed by atoms with Gasteiger partial charge in [-0.15, -0.1) is 11.8 Å². The molecule has 0 aliphatic rings. The van der Waals surface area contributed by atoms with Gasteiger partial charge >= 0.3 is 0 Å². The molecule has 0 atom stereocenters. The maximum Gasteiger partial charge on any atom is 0.176 e. The number of thioether (sulfide) groups is 1. The van der Waals surface area contributed by atoms with Crippen molar-refractivity contribution in [2.75, 3.05) is 5.75 Å². The number of para-hydroxylation sites is 1. The van der Waals surface area contributed by atoms with Crippen LogP contribution in [0.1, 0.15) is 10.4 Å². The minimum atomic E-state index is -0.696. The molecule has 0 radical (unpaired) electrons. The van der Waals surface area contributed by atoms with Crippen molar-refractivity contribution in [3.05, 3.63) is 65.7 Å². The van der Waals surface area contributed by atoms with Crippen molar-refractivity contribution in [2.45, 2.75) is 5.03 Å². The highest BCUT2D eigenvalue weighted by Gasteiger charge is 2.13. The molecular weight excluding hydrogens is 292 g/mol. The Hall–Kier alpha value is -2.14. The number of carbonyl (C=O) groups excluding carboxylic acids is 1. The lowest BCUT2D eigenvalue weighted by molar-refractivity contribution is 0.101. The van der Waals surface area contributed by atoms with Gasteiger partial charge in [0.05, 0.1) is 16.3 Å². The monoisotopic (exact) mass is 303 g/mol. The van der Waals surface area contributed by atoms with Crippen LogP contribution in [-0.4, -0.2) is 16.5 Å². The lowest BCUT2D eigenvalue weighted by atomic mass is 10.1. The lowest BCUT2D eigenvalue weighted by Crippen LogP contribution is -2.06. The molecule has 1 heterocycles. The molecule has 0 fully saturated rings. The highest BCUT2D eigenvalue weighted by Crippen LogP contribution is 2.24. The van der Waals surface area contributed by atoms with E-state index in [-0.39, 0.29) is 11.3 Å². The van der Waals surface area contributed by atoms with Crippen molar-refractivity contribution >= 4 is 28.4 Å². The summed E-state index contributed by atoms with van der Waals surface area (Å²) < 4.78 is 26.6. The van der Waals surface area contributed by atoms with Gasteiger partial charge in [0, 0.05) is 10.9 Å². The third-order valence-electron chi connectivity index (χ3n) is 3.09. The number of nitrogens with one attached hydrogen (secondary N) is 1. The Balaban J connectivity index is 1.74. The van der Waals surface area contributed by atoms with E-state index in [1.165, 1.54) is 11.8 Å². The molecule has 0 unspecified atom stereocenters. The SMILES string of the molecule is O=C(CSc1cc2ccccc2[nH]1)c1cc(F)ccc1F. The van der Waals surface area contributed by atoms with Crippen LogP contribution in [0, 0.1) is 11.6 Å². The fourth-order valence-corrected chi connectivity index (χ4v) is 2.89. The maximum absolute atomic E-state index is 13.5. The van der Waals surface area contributed by atoms with Gasteiger partial charge in [0.2, 0.25) is 0 Å². The molecule has 3 rings (SSSR count). The van der Waals surface area contributed by atoms with E-state index in [9.17, 15) is 13.6 Å². The van der Waals surface area contributed by atoms with E-state index in [0.29, 0.717) is 0 Å². The average Bonchev–Trinajstić information content (AvgIpc) is 2.90. The summed E-state index contributed by atoms with van der Waals surface area (Å²) >= 11 is 1.27. The van der Waals surface area contributed by atoms with Gasteiger partial charge in [0.15, 0.2) is 5.78 Å². The summed E-state index contributed by atoms with van der Waals surface area (Å²) in [6.07, 6.45) is 0. The van der Waals surface area contributed by atoms with Gasteiger partial charge in [-0.1, -0.05) is 18.2 Å². The zero-order valence-corrected chi connectivity index (χ0v) is 11.7. The predicted octanol–water partition coefficient (Wildman–Crippen LogP) is 4.42. The Morgan fingerprint density at radius 2 is 1.90 bits per heavy atom. The number of benzene rings is 2. The van der Waals surface area contributed by atoms with Crippen LogP contribution in [0.4, 0.5) is 8.78 Å². The summed E-state index contributed by atoms with van der Waals surface area (Å²) in [5.41, 5.74) is 0.767. The molecule has 0 spiro atoms. The molecule has 0 aliphatic heterocycles. The van der Waals surface area contributed by atoms with Crippen LogP contribution in [0.3, 0.4) is 0 Å². The van der Waals surface area contributed by atoms with E-state index >= 15 is 0 Å². The van der Waals surface area contributed by atoms with Crippen molar-refractivity contribution < 1.29 is 13.6 Å². The van der Waals surface area contributed by atoms with Crippen LogP contribution < -0.4 is 0 Å². The first kappa shape index (κ1) is 13.8. The fourth-order valence-electron chi connectivity index (χ4n) is 2.06. The summed E-state index contributed by atoms with van der Waals surface area (Å²) in [6, 6.07) is 12.6. The van der Waals surface area contributed by atoms with Crippen molar-refractivity contribution in [3.63, 3.8) is 0 Å². The molecule has 0 bridgehead atoms. The topological polar surface area (TPSA) is 32.9 Å². The smallest absolute Gasteiger partial charge is 0.176 e. The normalized spacial score (nSPS) is 11.0. The molecule has 1 aromatic heterocycles. The van der Waals surface area contributed by atoms with Gasteiger partial charge in [-0.05, 0) is 30.3 Å². The summed E-state index contributed by atoms with van der Waals surface area (Å²) in [7, 11) is 0. The van der Waals surface area contributed by atoms with E-state index in [0.717, 1.165) is 34.1 Å². The zero-order valence-electron chi connectivity index (χ0n) is 10.9. The van der Waals surface area contributed by atoms with Crippen LogP contribution in [0.2, 0.25) is 0 Å². The second-order valence-electron chi connectivity index (χ2n) is 4.56. The number of Topliss-reactive ketones (excluding diaryl/α,β-unsaturated/α-hetero) is 1. The summed E-state index contributed by atoms with van der Waals surface area (Å²) in [6.45, 7) is 0. The van der Waals surface area contributed by atoms with E-state index in [2.05, 4.69) is 4.98 Å². The Morgan fingerprint density at radius 3 is 2.71 bits per heavy atom. The van der Waals surface area contributed by atoms with Crippen molar-refractivity contribution in [1.29, 1.82) is 0 Å². The molecule has 0 saturated heterocycles. The van der Waals surface area contributed by atoms with Crippen LogP contribution in [0.25, 0.3) is 10.9 Å². The number of fused-ring (bicyclic) bond motifs is 1. The number of rotatable bonds is 4. The standard InChI is InChI=1S/C16H11F2NOS/c17-11-5-6-13(18)12(8-11)15(20)9-21-16-7-10-3-1-2-4-14(10)19-16/h1-8,19H,9H2. The van der Waals surface area contributed by atoms with Gasteiger partial charge in [0.1, 0.15) is 11.6 Å². The first-order chi connectivity index (χ1) is 10.1. The van der Waals surface area contributed by atoms with Gasteiger partial charge in [-0.25, -0.2) is 8.78 Å². The maximum atomic E-state index is 13.5. The molecular formula is C16H11F2NOS. The lowest BCUT2D eigenvalue weighted by Gasteiger charge is -2.02. The van der Waals surface area contributed by atoms with Crippen LogP contribution in [0.15, 0.2) is 53.6 Å². The molecule has 106 valence electrons. The van der Waals surface area contributed by atoms with Crippen LogP contribution in [0.5, 0.6) is 0 Å². The number of aromatic amines is 1. The van der Waals surface area contributed by atoms with Gasteiger partial charge in [-0.3, -0.25) is 4.79 Å². The number of halogens is 2. The van der Waals surface area contributed by atoms with Gasteiger partial charge < -0.3 is 4.98 Å². The molecule has 0 saturated carbocycles. The Kier molecular flexibility index (Phi) is 3.75. The molecule has 3 aromatic rings. The van der Waals surface area contributed by atoms with E-state index < -0.39 is 17.4 Å². The Morgan fingerprint density at radius 1 is 1.10 bits per heavy atom. The zero-order chi connectivity index (χ0) is 14.8. The first-order valence-electron chi connectivity index (χ1n) is 6.32. The van der Waals surface area contributed by atoms with E-state index in [1.54, 1.807) is 0 Å². The van der Waals surface area contributed by atoms with E-state index in [4.69, 9.17) is 0 Å². The second-order valence-corrected chi connectivity index (χ2v) is 5.57. The van der Waals surface area contributed by atoms with Crippen molar-refractivity contribution in [3.8, 4) is 0 Å². The third kappa shape index (κ3) is 2.97. The molecule has 2 nitrogen and oxygen atoms in total. The van der Waals surface area contributed by atoms with Crippen LogP contribution in [-0.2, 0) is 0 Å². The van der Waals surface area contributed by atoms with Gasteiger partial charge in [0.25, 0.3) is 0 Å². The predicted molar refractivity (Wildman–Crippen MR) is 79.7 cm³/mol. The number of ketones is 1. The third-order valence-corrected chi connectivity index (χ3v) is 4.03. The summed E-state index contributed by atoms with van der Waals surface area (Å²) in [4.78, 5) is 15.1. The second kappa shape index (κ2) is 5.69. The van der Waals surface area contributed by atoms with Gasteiger partial charge in [-0.2, -0.15) is 0 Å². The molecule has 21 heavy (non-hydrogen) atoms. The largest absolute Gasteiger partial charge is 0.350 e. The van der Waals surface area contributed by atoms with Crippen LogP contribution >= 0.6 is 11.8 Å². The van der Waals surface area contributed by atoms with Crippen molar-refractivity contribution in [2.24, 2.45) is 0 Å². The summed E-state index contributed by atoms with van der Waals surface area (Å²) in [5.74, 6) is -1.70. The Labute approximate surface area is 124 Å². The van der Waals surface area contributed by atoms with E-state index in [1.807, 2.05) is 30.3 Å². The minimum absolute atomic E-state index is 0.0488. The minimum Gasteiger partial charge on any atom is -0.350 e. The quantitative estimate of drug-likeness (QED) is 0.571. The van der Waals surface area contributed by atoms with Crippen molar-refractivity contribution in [1.82, 2.24) is 4.98 Å². The number of hydrogen-bond donors (Lipinski definition) is 1. The highest BCUT2D eigenvalue weighted by atomic mass is 32.2. The first-order valence-corrected chi connectivity index (χ1v) is 7.31. The summed E-state index contributed by atoms with van der Waals surface area (Å²) in [5, 5.41) is 1.87. The average molecular weight is 303 g/mol. The molecule has 2 aromatic carbocycles. The molecule has 0 aliphatic carbocycles. The number of carbonyl (C=O) groups is 1. The number of aromatic nitrogens is 1. The Bertz CT molecular complexity index is 780. The number of H-pyrrole nitrogens is 1. The molecule has 5 heteroatoms.